The molecule has 0 spiro atoms. The molecule has 2 fully saturated rings. The lowest BCUT2D eigenvalue weighted by atomic mass is 10.1. The summed E-state index contributed by atoms with van der Waals surface area (Å²) in [5, 5.41) is 0. The van der Waals surface area contributed by atoms with Crippen molar-refractivity contribution in [2.75, 3.05) is 18.1 Å². The van der Waals surface area contributed by atoms with E-state index in [1.807, 2.05) is 6.26 Å². The van der Waals surface area contributed by atoms with Gasteiger partial charge in [0.05, 0.1) is 12.9 Å². The summed E-state index contributed by atoms with van der Waals surface area (Å²) in [6.45, 7) is 0.773. The smallest absolute Gasteiger partial charge is 0.0910 e. The highest BCUT2D eigenvalue weighted by Gasteiger charge is 2.18. The summed E-state index contributed by atoms with van der Waals surface area (Å²) in [4.78, 5) is 0. The molecule has 0 aromatic heterocycles. The molecule has 0 aromatic carbocycles. The Hall–Kier alpha value is -0.310. The van der Waals surface area contributed by atoms with Crippen molar-refractivity contribution in [3.8, 4) is 0 Å². The Morgan fingerprint density at radius 3 is 2.87 bits per heavy atom. The third-order valence-corrected chi connectivity index (χ3v) is 4.82. The standard InChI is InChI=1S/C12H20O2S/c13-15-7-3-6-12(10-15)9-14-8-11-4-1-2-5-11/h8,12H,1-7,9-10H2. The molecule has 0 aromatic rings. The average molecular weight is 228 g/mol. The molecule has 0 radical (unpaired) electrons. The van der Waals surface area contributed by atoms with Crippen molar-refractivity contribution >= 4 is 10.8 Å². The van der Waals surface area contributed by atoms with E-state index in [9.17, 15) is 4.21 Å². The largest absolute Gasteiger partial charge is 0.501 e. The van der Waals surface area contributed by atoms with Gasteiger partial charge in [0, 0.05) is 28.2 Å². The first-order valence-electron chi connectivity index (χ1n) is 5.99. The first-order chi connectivity index (χ1) is 7.34. The SMILES string of the molecule is O=S1CCCC(COC=C2CCCC2)C1. The predicted octanol–water partition coefficient (Wildman–Crippen LogP) is 2.62. The highest BCUT2D eigenvalue weighted by molar-refractivity contribution is 7.85. The molecular formula is C12H20O2S. The highest BCUT2D eigenvalue weighted by Crippen LogP contribution is 2.24. The highest BCUT2D eigenvalue weighted by atomic mass is 32.2. The third kappa shape index (κ3) is 3.63. The van der Waals surface area contributed by atoms with E-state index in [4.69, 9.17) is 4.74 Å². The van der Waals surface area contributed by atoms with Crippen LogP contribution in [0, 0.1) is 5.92 Å². The van der Waals surface area contributed by atoms with Crippen molar-refractivity contribution in [2.24, 2.45) is 5.92 Å². The number of hydrogen-bond acceptors (Lipinski definition) is 2. The van der Waals surface area contributed by atoms with Gasteiger partial charge in [-0.25, -0.2) is 0 Å². The van der Waals surface area contributed by atoms with Gasteiger partial charge >= 0.3 is 0 Å². The van der Waals surface area contributed by atoms with Crippen LogP contribution in [0.4, 0.5) is 0 Å². The zero-order valence-electron chi connectivity index (χ0n) is 9.24. The molecule has 1 heterocycles. The van der Waals surface area contributed by atoms with Crippen LogP contribution in [0.1, 0.15) is 38.5 Å². The molecule has 1 aliphatic heterocycles. The lowest BCUT2D eigenvalue weighted by Crippen LogP contribution is -2.23. The van der Waals surface area contributed by atoms with Gasteiger partial charge in [0.1, 0.15) is 0 Å². The van der Waals surface area contributed by atoms with Crippen molar-refractivity contribution < 1.29 is 8.95 Å². The number of hydrogen-bond donors (Lipinski definition) is 0. The van der Waals surface area contributed by atoms with Crippen LogP contribution in [0.5, 0.6) is 0 Å². The molecule has 2 atom stereocenters. The van der Waals surface area contributed by atoms with Crippen LogP contribution in [0.25, 0.3) is 0 Å². The Bertz CT molecular complexity index is 252. The van der Waals surface area contributed by atoms with E-state index in [0.29, 0.717) is 5.92 Å². The third-order valence-electron chi connectivity index (χ3n) is 3.23. The molecule has 1 aliphatic carbocycles. The lowest BCUT2D eigenvalue weighted by molar-refractivity contribution is 0.194. The van der Waals surface area contributed by atoms with Crippen LogP contribution >= 0.6 is 0 Å². The second kappa shape index (κ2) is 5.69. The fourth-order valence-corrected chi connectivity index (χ4v) is 3.79. The monoisotopic (exact) mass is 228 g/mol. The molecule has 2 nitrogen and oxygen atoms in total. The van der Waals surface area contributed by atoms with E-state index in [2.05, 4.69) is 0 Å². The summed E-state index contributed by atoms with van der Waals surface area (Å²) >= 11 is 0. The molecule has 1 saturated carbocycles. The van der Waals surface area contributed by atoms with E-state index in [0.717, 1.165) is 24.5 Å². The molecule has 15 heavy (non-hydrogen) atoms. The van der Waals surface area contributed by atoms with Crippen LogP contribution in [-0.2, 0) is 15.5 Å². The van der Waals surface area contributed by atoms with E-state index >= 15 is 0 Å². The van der Waals surface area contributed by atoms with Crippen molar-refractivity contribution in [1.82, 2.24) is 0 Å². The Labute approximate surface area is 94.5 Å². The molecular weight excluding hydrogens is 208 g/mol. The average Bonchev–Trinajstić information content (AvgIpc) is 2.71. The second-order valence-corrected chi connectivity index (χ2v) is 6.26. The number of ether oxygens (including phenoxy) is 1. The van der Waals surface area contributed by atoms with Crippen molar-refractivity contribution in [3.63, 3.8) is 0 Å². The Kier molecular flexibility index (Phi) is 4.24. The zero-order chi connectivity index (χ0) is 10.5. The summed E-state index contributed by atoms with van der Waals surface area (Å²) in [6, 6.07) is 0. The van der Waals surface area contributed by atoms with Gasteiger partial charge < -0.3 is 4.74 Å². The fraction of sp³-hybridized carbons (Fsp3) is 0.833. The molecule has 1 saturated heterocycles. The number of rotatable bonds is 3. The summed E-state index contributed by atoms with van der Waals surface area (Å²) in [6.07, 6.45) is 9.34. The molecule has 0 N–H and O–H groups in total. The quantitative estimate of drug-likeness (QED) is 0.694. The van der Waals surface area contributed by atoms with Gasteiger partial charge in [0.2, 0.25) is 0 Å². The minimum atomic E-state index is -0.576. The molecule has 86 valence electrons. The van der Waals surface area contributed by atoms with Crippen LogP contribution in [-0.4, -0.2) is 22.3 Å². The van der Waals surface area contributed by atoms with E-state index < -0.39 is 10.8 Å². The van der Waals surface area contributed by atoms with Crippen LogP contribution < -0.4 is 0 Å². The summed E-state index contributed by atoms with van der Waals surface area (Å²) < 4.78 is 16.9. The summed E-state index contributed by atoms with van der Waals surface area (Å²) in [5.41, 5.74) is 1.46. The Balaban J connectivity index is 1.68. The van der Waals surface area contributed by atoms with Crippen molar-refractivity contribution in [3.05, 3.63) is 11.8 Å². The fourth-order valence-electron chi connectivity index (χ4n) is 2.34. The summed E-state index contributed by atoms with van der Waals surface area (Å²) in [5.74, 6) is 2.28. The second-order valence-electron chi connectivity index (χ2n) is 4.64. The predicted molar refractivity (Wildman–Crippen MR) is 63.1 cm³/mol. The maximum Gasteiger partial charge on any atom is 0.0910 e. The van der Waals surface area contributed by atoms with Gasteiger partial charge in [-0.05, 0) is 44.1 Å². The summed E-state index contributed by atoms with van der Waals surface area (Å²) in [7, 11) is -0.576. The van der Waals surface area contributed by atoms with Crippen molar-refractivity contribution in [2.45, 2.75) is 38.5 Å². The molecule has 0 amide bonds. The Morgan fingerprint density at radius 2 is 2.13 bits per heavy atom. The van der Waals surface area contributed by atoms with Crippen molar-refractivity contribution in [1.29, 1.82) is 0 Å². The van der Waals surface area contributed by atoms with Gasteiger partial charge in [-0.2, -0.15) is 0 Å². The normalized spacial score (nSPS) is 31.6. The van der Waals surface area contributed by atoms with E-state index in [1.54, 1.807) is 0 Å². The first-order valence-corrected chi connectivity index (χ1v) is 7.48. The van der Waals surface area contributed by atoms with Gasteiger partial charge in [-0.3, -0.25) is 4.21 Å². The Morgan fingerprint density at radius 1 is 1.33 bits per heavy atom. The minimum absolute atomic E-state index is 0.526. The number of allylic oxidation sites excluding steroid dienone is 1. The van der Waals surface area contributed by atoms with Crippen LogP contribution in [0.2, 0.25) is 0 Å². The molecule has 2 unspecified atom stereocenters. The van der Waals surface area contributed by atoms with E-state index in [1.165, 1.54) is 37.7 Å². The van der Waals surface area contributed by atoms with Gasteiger partial charge in [-0.1, -0.05) is 0 Å². The molecule has 2 rings (SSSR count). The maximum atomic E-state index is 11.3. The minimum Gasteiger partial charge on any atom is -0.501 e. The maximum absolute atomic E-state index is 11.3. The van der Waals surface area contributed by atoms with E-state index in [-0.39, 0.29) is 0 Å². The topological polar surface area (TPSA) is 26.3 Å². The van der Waals surface area contributed by atoms with Gasteiger partial charge in [0.25, 0.3) is 0 Å². The first kappa shape index (κ1) is 11.2. The molecule has 3 heteroatoms. The van der Waals surface area contributed by atoms with Gasteiger partial charge in [0.15, 0.2) is 0 Å². The zero-order valence-corrected chi connectivity index (χ0v) is 10.1. The van der Waals surface area contributed by atoms with Crippen LogP contribution in [0.15, 0.2) is 11.8 Å². The molecule has 2 aliphatic rings. The van der Waals surface area contributed by atoms with Gasteiger partial charge in [-0.15, -0.1) is 0 Å². The molecule has 0 bridgehead atoms. The van der Waals surface area contributed by atoms with Crippen LogP contribution in [0.3, 0.4) is 0 Å². The lowest BCUT2D eigenvalue weighted by Gasteiger charge is -2.20.